The van der Waals surface area contributed by atoms with E-state index in [1.807, 2.05) is 0 Å². The predicted octanol–water partition coefficient (Wildman–Crippen LogP) is -0.742. The fourth-order valence-electron chi connectivity index (χ4n) is 2.53. The highest BCUT2D eigenvalue weighted by Gasteiger charge is 2.35. The molecule has 0 bridgehead atoms. The molecule has 0 spiro atoms. The second-order valence-corrected chi connectivity index (χ2v) is 6.44. The molecular weight excluding hydrogens is 256 g/mol. The van der Waals surface area contributed by atoms with E-state index in [9.17, 15) is 8.42 Å². The van der Waals surface area contributed by atoms with Crippen molar-refractivity contribution >= 4 is 16.0 Å². The molecule has 104 valence electrons. The zero-order chi connectivity index (χ0) is 13.2. The molecule has 4 N–H and O–H groups in total. The zero-order valence-electron chi connectivity index (χ0n) is 10.3. The van der Waals surface area contributed by atoms with Crippen LogP contribution in [-0.2, 0) is 14.9 Å². The van der Waals surface area contributed by atoms with Crippen LogP contribution in [0, 0.1) is 11.3 Å². The Balaban J connectivity index is 2.00. The Bertz CT molecular complexity index is 405. The van der Waals surface area contributed by atoms with Gasteiger partial charge in [-0.1, -0.05) is 6.42 Å². The van der Waals surface area contributed by atoms with Crippen molar-refractivity contribution in [3.05, 3.63) is 0 Å². The van der Waals surface area contributed by atoms with Crippen LogP contribution < -0.4 is 10.5 Å². The fourth-order valence-corrected chi connectivity index (χ4v) is 3.97. The van der Waals surface area contributed by atoms with Crippen LogP contribution in [0.2, 0.25) is 0 Å². The summed E-state index contributed by atoms with van der Waals surface area (Å²) in [4.78, 5) is 0. The quantitative estimate of drug-likeness (QED) is 0.464. The van der Waals surface area contributed by atoms with E-state index in [1.165, 1.54) is 4.31 Å². The minimum absolute atomic E-state index is 0.0715. The summed E-state index contributed by atoms with van der Waals surface area (Å²) in [6, 6.07) is -0.240. The summed E-state index contributed by atoms with van der Waals surface area (Å²) in [5.74, 6) is -0.0945. The maximum Gasteiger partial charge on any atom is 0.279 e. The molecule has 1 saturated carbocycles. The summed E-state index contributed by atoms with van der Waals surface area (Å²) >= 11 is 0. The van der Waals surface area contributed by atoms with Gasteiger partial charge >= 0.3 is 0 Å². The lowest BCUT2D eigenvalue weighted by Gasteiger charge is -2.29. The number of morpholine rings is 1. The second kappa shape index (κ2) is 5.52. The molecule has 2 fully saturated rings. The smallest absolute Gasteiger partial charge is 0.279 e. The Labute approximate surface area is 107 Å². The summed E-state index contributed by atoms with van der Waals surface area (Å²) in [7, 11) is -3.48. The molecule has 0 radical (unpaired) electrons. The first kappa shape index (κ1) is 13.7. The third-order valence-corrected chi connectivity index (χ3v) is 5.17. The van der Waals surface area contributed by atoms with Crippen molar-refractivity contribution in [2.45, 2.75) is 25.3 Å². The number of ether oxygens (including phenoxy) is 1. The van der Waals surface area contributed by atoms with Gasteiger partial charge in [-0.15, -0.1) is 0 Å². The maximum absolute atomic E-state index is 12.2. The van der Waals surface area contributed by atoms with E-state index < -0.39 is 10.2 Å². The lowest BCUT2D eigenvalue weighted by molar-refractivity contribution is 0.0723. The van der Waals surface area contributed by atoms with Gasteiger partial charge in [0.1, 0.15) is 0 Å². The molecule has 0 aromatic rings. The van der Waals surface area contributed by atoms with Crippen molar-refractivity contribution in [2.24, 2.45) is 11.7 Å². The van der Waals surface area contributed by atoms with Crippen LogP contribution in [-0.4, -0.2) is 50.9 Å². The van der Waals surface area contributed by atoms with Crippen molar-refractivity contribution in [3.63, 3.8) is 0 Å². The Morgan fingerprint density at radius 1 is 1.33 bits per heavy atom. The van der Waals surface area contributed by atoms with E-state index in [-0.39, 0.29) is 17.8 Å². The lowest BCUT2D eigenvalue weighted by atomic mass is 10.0. The Hall–Kier alpha value is -0.700. The van der Waals surface area contributed by atoms with Crippen LogP contribution in [0.1, 0.15) is 19.3 Å². The number of hydrogen-bond donors (Lipinski definition) is 3. The van der Waals surface area contributed by atoms with E-state index in [2.05, 4.69) is 4.72 Å². The molecule has 7 nitrogen and oxygen atoms in total. The average molecular weight is 276 g/mol. The molecule has 0 aromatic carbocycles. The third kappa shape index (κ3) is 3.00. The molecule has 18 heavy (non-hydrogen) atoms. The van der Waals surface area contributed by atoms with Crippen LogP contribution in [0.15, 0.2) is 0 Å². The van der Waals surface area contributed by atoms with Crippen molar-refractivity contribution in [2.75, 3.05) is 26.3 Å². The highest BCUT2D eigenvalue weighted by atomic mass is 32.2. The molecule has 0 amide bonds. The highest BCUT2D eigenvalue weighted by Crippen LogP contribution is 2.26. The largest absolute Gasteiger partial charge is 0.387 e. The Morgan fingerprint density at radius 3 is 2.61 bits per heavy atom. The van der Waals surface area contributed by atoms with Crippen LogP contribution >= 0.6 is 0 Å². The molecule has 2 aliphatic rings. The fraction of sp³-hybridized carbons (Fsp3) is 0.900. The van der Waals surface area contributed by atoms with E-state index in [1.54, 1.807) is 0 Å². The summed E-state index contributed by atoms with van der Waals surface area (Å²) in [5, 5.41) is 7.48. The van der Waals surface area contributed by atoms with Gasteiger partial charge in [-0.3, -0.25) is 5.41 Å². The predicted molar refractivity (Wildman–Crippen MR) is 67.5 cm³/mol. The molecule has 1 aliphatic heterocycles. The van der Waals surface area contributed by atoms with Gasteiger partial charge in [0.2, 0.25) is 0 Å². The van der Waals surface area contributed by atoms with Crippen molar-refractivity contribution < 1.29 is 13.2 Å². The van der Waals surface area contributed by atoms with Crippen LogP contribution in [0.4, 0.5) is 0 Å². The van der Waals surface area contributed by atoms with Crippen LogP contribution in [0.5, 0.6) is 0 Å². The van der Waals surface area contributed by atoms with Gasteiger partial charge in [0.25, 0.3) is 10.2 Å². The number of nitrogens with one attached hydrogen (secondary N) is 2. The SMILES string of the molecule is N=C(N)C1CCCC1NS(=O)(=O)N1CCOCC1. The average Bonchev–Trinajstić information content (AvgIpc) is 2.78. The van der Waals surface area contributed by atoms with E-state index >= 15 is 0 Å². The Kier molecular flexibility index (Phi) is 4.21. The number of rotatable bonds is 4. The first-order valence-electron chi connectivity index (χ1n) is 6.20. The second-order valence-electron chi connectivity index (χ2n) is 4.73. The normalized spacial score (nSPS) is 30.4. The van der Waals surface area contributed by atoms with Gasteiger partial charge in [-0.05, 0) is 12.8 Å². The zero-order valence-corrected chi connectivity index (χ0v) is 11.1. The van der Waals surface area contributed by atoms with Gasteiger partial charge < -0.3 is 10.5 Å². The summed E-state index contributed by atoms with van der Waals surface area (Å²) < 4.78 is 33.5. The monoisotopic (exact) mass is 276 g/mol. The number of nitrogens with zero attached hydrogens (tertiary/aromatic N) is 1. The highest BCUT2D eigenvalue weighted by molar-refractivity contribution is 7.87. The first-order chi connectivity index (χ1) is 8.50. The standard InChI is InChI=1S/C10H20N4O3S/c11-10(12)8-2-1-3-9(8)13-18(15,16)14-4-6-17-7-5-14/h8-9,13H,1-7H2,(H3,11,12). The minimum Gasteiger partial charge on any atom is -0.387 e. The van der Waals surface area contributed by atoms with E-state index in [4.69, 9.17) is 15.9 Å². The van der Waals surface area contributed by atoms with Crippen LogP contribution in [0.25, 0.3) is 0 Å². The summed E-state index contributed by atoms with van der Waals surface area (Å²) in [6.45, 7) is 1.63. The van der Waals surface area contributed by atoms with Gasteiger partial charge in [-0.25, -0.2) is 0 Å². The summed E-state index contributed by atoms with van der Waals surface area (Å²) in [5.41, 5.74) is 5.50. The molecular formula is C10H20N4O3S. The van der Waals surface area contributed by atoms with Crippen molar-refractivity contribution in [1.29, 1.82) is 5.41 Å². The molecule has 1 heterocycles. The van der Waals surface area contributed by atoms with Gasteiger partial charge in [0.05, 0.1) is 19.0 Å². The molecule has 1 aliphatic carbocycles. The summed E-state index contributed by atoms with van der Waals surface area (Å²) in [6.07, 6.45) is 2.43. The molecule has 1 saturated heterocycles. The van der Waals surface area contributed by atoms with Crippen molar-refractivity contribution in [1.82, 2.24) is 9.03 Å². The lowest BCUT2D eigenvalue weighted by Crippen LogP contribution is -2.51. The number of hydrogen-bond acceptors (Lipinski definition) is 4. The molecule has 2 rings (SSSR count). The van der Waals surface area contributed by atoms with Crippen molar-refractivity contribution in [3.8, 4) is 0 Å². The van der Waals surface area contributed by atoms with Gasteiger partial charge in [0.15, 0.2) is 0 Å². The number of nitrogens with two attached hydrogens (primary N) is 1. The van der Waals surface area contributed by atoms with Crippen LogP contribution in [0.3, 0.4) is 0 Å². The van der Waals surface area contributed by atoms with Gasteiger partial charge in [-0.2, -0.15) is 17.4 Å². The molecule has 2 unspecified atom stereocenters. The van der Waals surface area contributed by atoms with E-state index in [0.717, 1.165) is 19.3 Å². The Morgan fingerprint density at radius 2 is 2.00 bits per heavy atom. The van der Waals surface area contributed by atoms with Gasteiger partial charge in [0, 0.05) is 25.0 Å². The molecule has 0 aromatic heterocycles. The van der Waals surface area contributed by atoms with E-state index in [0.29, 0.717) is 26.3 Å². The molecule has 2 atom stereocenters. The maximum atomic E-state index is 12.2. The minimum atomic E-state index is -3.48. The molecule has 8 heteroatoms. The first-order valence-corrected chi connectivity index (χ1v) is 7.64. The third-order valence-electron chi connectivity index (χ3n) is 3.53. The number of amidine groups is 1. The topological polar surface area (TPSA) is 109 Å².